The van der Waals surface area contributed by atoms with Crippen LogP contribution in [0.5, 0.6) is 0 Å². The molecule has 1 fully saturated rings. The number of amides is 1. The average molecular weight is 246 g/mol. The van der Waals surface area contributed by atoms with Crippen molar-refractivity contribution in [3.63, 3.8) is 0 Å². The topological polar surface area (TPSA) is 46.3 Å². The van der Waals surface area contributed by atoms with Crippen LogP contribution in [-0.2, 0) is 4.79 Å². The summed E-state index contributed by atoms with van der Waals surface area (Å²) in [6, 6.07) is 9.67. The number of benzene rings is 1. The Hall–Kier alpha value is -1.35. The van der Waals surface area contributed by atoms with Crippen molar-refractivity contribution in [1.82, 2.24) is 4.90 Å². The van der Waals surface area contributed by atoms with Gasteiger partial charge in [-0.15, -0.1) is 0 Å². The number of nitrogens with zero attached hydrogens (tertiary/aromatic N) is 1. The van der Waals surface area contributed by atoms with Crippen LogP contribution in [0.3, 0.4) is 0 Å². The third-order valence-electron chi connectivity index (χ3n) is 3.63. The first kappa shape index (κ1) is 13.1. The molecular formula is C15H22N2O. The number of hydrogen-bond donors (Lipinski definition) is 1. The van der Waals surface area contributed by atoms with Gasteiger partial charge in [0.15, 0.2) is 0 Å². The molecule has 1 saturated heterocycles. The third-order valence-corrected chi connectivity index (χ3v) is 3.63. The summed E-state index contributed by atoms with van der Waals surface area (Å²) < 4.78 is 0. The van der Waals surface area contributed by atoms with Gasteiger partial charge in [-0.25, -0.2) is 0 Å². The van der Waals surface area contributed by atoms with Crippen molar-refractivity contribution in [3.8, 4) is 0 Å². The van der Waals surface area contributed by atoms with Gasteiger partial charge in [-0.3, -0.25) is 4.79 Å². The molecule has 2 N–H and O–H groups in total. The van der Waals surface area contributed by atoms with Gasteiger partial charge in [0, 0.05) is 25.6 Å². The first-order valence-corrected chi connectivity index (χ1v) is 6.75. The summed E-state index contributed by atoms with van der Waals surface area (Å²) in [5, 5.41) is 0. The fraction of sp³-hybridized carbons (Fsp3) is 0.533. The van der Waals surface area contributed by atoms with E-state index < -0.39 is 0 Å². The summed E-state index contributed by atoms with van der Waals surface area (Å²) in [5.41, 5.74) is 7.13. The zero-order valence-electron chi connectivity index (χ0n) is 11.0. The lowest BCUT2D eigenvalue weighted by Crippen LogP contribution is -2.40. The molecule has 0 bridgehead atoms. The second-order valence-electron chi connectivity index (χ2n) is 5.31. The van der Waals surface area contributed by atoms with Crippen LogP contribution in [0, 0.1) is 5.92 Å². The minimum Gasteiger partial charge on any atom is -0.342 e. The lowest BCUT2D eigenvalue weighted by Gasteiger charge is -2.31. The van der Waals surface area contributed by atoms with Crippen molar-refractivity contribution in [2.75, 3.05) is 13.1 Å². The van der Waals surface area contributed by atoms with Crippen molar-refractivity contribution < 1.29 is 4.79 Å². The Morgan fingerprint density at radius 3 is 2.83 bits per heavy atom. The van der Waals surface area contributed by atoms with Crippen LogP contribution in [0.4, 0.5) is 0 Å². The summed E-state index contributed by atoms with van der Waals surface area (Å²) in [7, 11) is 0. The highest BCUT2D eigenvalue weighted by atomic mass is 16.2. The van der Waals surface area contributed by atoms with E-state index in [-0.39, 0.29) is 11.9 Å². The van der Waals surface area contributed by atoms with Gasteiger partial charge < -0.3 is 10.6 Å². The van der Waals surface area contributed by atoms with Gasteiger partial charge in [0.05, 0.1) is 0 Å². The molecule has 0 saturated carbocycles. The maximum absolute atomic E-state index is 12.2. The van der Waals surface area contributed by atoms with E-state index in [1.54, 1.807) is 0 Å². The van der Waals surface area contributed by atoms with E-state index in [0.717, 1.165) is 25.1 Å². The van der Waals surface area contributed by atoms with E-state index in [2.05, 4.69) is 6.92 Å². The van der Waals surface area contributed by atoms with E-state index in [1.165, 1.54) is 6.42 Å². The van der Waals surface area contributed by atoms with E-state index in [4.69, 9.17) is 5.73 Å². The molecule has 1 aromatic carbocycles. The van der Waals surface area contributed by atoms with Crippen LogP contribution < -0.4 is 5.73 Å². The molecule has 0 unspecified atom stereocenters. The summed E-state index contributed by atoms with van der Waals surface area (Å²) >= 11 is 0. The monoisotopic (exact) mass is 246 g/mol. The molecule has 2 rings (SSSR count). The molecule has 0 radical (unpaired) electrons. The smallest absolute Gasteiger partial charge is 0.224 e. The van der Waals surface area contributed by atoms with Gasteiger partial charge in [-0.1, -0.05) is 37.3 Å². The second-order valence-corrected chi connectivity index (χ2v) is 5.31. The Kier molecular flexibility index (Phi) is 4.37. The lowest BCUT2D eigenvalue weighted by molar-refractivity contribution is -0.133. The fourth-order valence-corrected chi connectivity index (χ4v) is 2.55. The van der Waals surface area contributed by atoms with Crippen LogP contribution in [0.2, 0.25) is 0 Å². The predicted octanol–water partition coefficient (Wildman–Crippen LogP) is 2.34. The van der Waals surface area contributed by atoms with Crippen molar-refractivity contribution >= 4 is 5.91 Å². The van der Waals surface area contributed by atoms with Crippen LogP contribution in [0.25, 0.3) is 0 Å². The lowest BCUT2D eigenvalue weighted by atomic mass is 9.98. The minimum atomic E-state index is -0.184. The fourth-order valence-electron chi connectivity index (χ4n) is 2.55. The van der Waals surface area contributed by atoms with E-state index in [1.807, 2.05) is 35.2 Å². The first-order valence-electron chi connectivity index (χ1n) is 6.75. The Balaban J connectivity index is 1.91. The quantitative estimate of drug-likeness (QED) is 0.889. The van der Waals surface area contributed by atoms with Crippen LogP contribution >= 0.6 is 0 Å². The summed E-state index contributed by atoms with van der Waals surface area (Å²) in [4.78, 5) is 14.1. The number of hydrogen-bond acceptors (Lipinski definition) is 2. The standard InChI is InChI=1S/C15H22N2O/c1-12-6-5-9-17(11-12)15(18)10-14(16)13-7-3-2-4-8-13/h2-4,7-8,12,14H,5-6,9-11,16H2,1H3/t12-,14+/m1/s1. The van der Waals surface area contributed by atoms with E-state index in [9.17, 15) is 4.79 Å². The molecule has 1 aromatic rings. The molecule has 0 aliphatic carbocycles. The molecule has 0 spiro atoms. The number of likely N-dealkylation sites (tertiary alicyclic amines) is 1. The van der Waals surface area contributed by atoms with Gasteiger partial charge >= 0.3 is 0 Å². The van der Waals surface area contributed by atoms with E-state index >= 15 is 0 Å². The molecule has 1 aliphatic heterocycles. The Morgan fingerprint density at radius 2 is 2.17 bits per heavy atom. The maximum atomic E-state index is 12.2. The Labute approximate surface area is 109 Å². The first-order chi connectivity index (χ1) is 8.66. The molecule has 98 valence electrons. The minimum absolute atomic E-state index is 0.184. The predicted molar refractivity (Wildman–Crippen MR) is 73.0 cm³/mol. The van der Waals surface area contributed by atoms with Crippen LogP contribution in [0.1, 0.15) is 37.8 Å². The second kappa shape index (κ2) is 6.01. The zero-order valence-corrected chi connectivity index (χ0v) is 11.0. The van der Waals surface area contributed by atoms with Gasteiger partial charge in [0.25, 0.3) is 0 Å². The Bertz CT molecular complexity index is 391. The molecule has 2 atom stereocenters. The van der Waals surface area contributed by atoms with Crippen molar-refractivity contribution in [2.45, 2.75) is 32.2 Å². The third kappa shape index (κ3) is 3.33. The maximum Gasteiger partial charge on any atom is 0.224 e. The molecule has 1 amide bonds. The number of piperidine rings is 1. The molecule has 3 heteroatoms. The summed E-state index contributed by atoms with van der Waals surface area (Å²) in [6.45, 7) is 3.99. The average Bonchev–Trinajstić information content (AvgIpc) is 2.39. The highest BCUT2D eigenvalue weighted by Crippen LogP contribution is 2.19. The van der Waals surface area contributed by atoms with Crippen molar-refractivity contribution in [3.05, 3.63) is 35.9 Å². The van der Waals surface area contributed by atoms with Gasteiger partial charge in [0.1, 0.15) is 0 Å². The SMILES string of the molecule is C[C@@H]1CCCN(C(=O)C[C@H](N)c2ccccc2)C1. The van der Waals surface area contributed by atoms with Crippen molar-refractivity contribution in [2.24, 2.45) is 11.7 Å². The molecular weight excluding hydrogens is 224 g/mol. The van der Waals surface area contributed by atoms with Crippen molar-refractivity contribution in [1.29, 1.82) is 0 Å². The number of carbonyl (C=O) groups is 1. The van der Waals surface area contributed by atoms with Gasteiger partial charge in [0.2, 0.25) is 5.91 Å². The van der Waals surface area contributed by atoms with E-state index in [0.29, 0.717) is 12.3 Å². The molecule has 1 heterocycles. The number of nitrogens with two attached hydrogens (primary N) is 1. The molecule has 0 aromatic heterocycles. The van der Waals surface area contributed by atoms with Gasteiger partial charge in [-0.05, 0) is 24.3 Å². The zero-order chi connectivity index (χ0) is 13.0. The largest absolute Gasteiger partial charge is 0.342 e. The molecule has 3 nitrogen and oxygen atoms in total. The summed E-state index contributed by atoms with van der Waals surface area (Å²) in [5.74, 6) is 0.813. The van der Waals surface area contributed by atoms with Crippen LogP contribution in [-0.4, -0.2) is 23.9 Å². The van der Waals surface area contributed by atoms with Gasteiger partial charge in [-0.2, -0.15) is 0 Å². The normalized spacial score (nSPS) is 21.7. The molecule has 18 heavy (non-hydrogen) atoms. The summed E-state index contributed by atoms with van der Waals surface area (Å²) in [6.07, 6.45) is 2.76. The highest BCUT2D eigenvalue weighted by molar-refractivity contribution is 5.77. The van der Waals surface area contributed by atoms with Crippen LogP contribution in [0.15, 0.2) is 30.3 Å². The highest BCUT2D eigenvalue weighted by Gasteiger charge is 2.22. The molecule has 1 aliphatic rings. The Morgan fingerprint density at radius 1 is 1.44 bits per heavy atom. The number of rotatable bonds is 3. The number of carbonyl (C=O) groups excluding carboxylic acids is 1.